The van der Waals surface area contributed by atoms with Gasteiger partial charge in [0, 0.05) is 50.6 Å². The summed E-state index contributed by atoms with van der Waals surface area (Å²) in [6.07, 6.45) is -3.74. The van der Waals surface area contributed by atoms with Gasteiger partial charge in [-0.25, -0.2) is 42.5 Å². The number of alkyl halides is 6. The second kappa shape index (κ2) is 26.2. The first kappa shape index (κ1) is 64.3. The molecule has 1 aromatic heterocycles. The van der Waals surface area contributed by atoms with E-state index in [1.165, 1.54) is 13.7 Å². The van der Waals surface area contributed by atoms with Gasteiger partial charge in [0.2, 0.25) is 0 Å². The number of alkyl carbamates (subject to hydrolysis) is 3. The third-order valence-electron chi connectivity index (χ3n) is 15.6. The molecule has 4 rings (SSSR count). The van der Waals surface area contributed by atoms with Gasteiger partial charge in [-0.05, 0) is 130 Å². The van der Waals surface area contributed by atoms with Gasteiger partial charge in [0.1, 0.15) is 0 Å². The van der Waals surface area contributed by atoms with Crippen LogP contribution in [0.15, 0.2) is 14.4 Å². The lowest BCUT2D eigenvalue weighted by atomic mass is 9.62. The van der Waals surface area contributed by atoms with Gasteiger partial charge in [-0.1, -0.05) is 101 Å². The fraction of sp³-hybridized carbons (Fsp3) is 0.891. The van der Waals surface area contributed by atoms with E-state index < -0.39 is 111 Å². The van der Waals surface area contributed by atoms with Crippen LogP contribution in [-0.2, 0) is 14.2 Å². The molecule has 3 aliphatic carbocycles. The standard InChI is InChI=1S/C55H92F6N6O9/c1-38(2)76-44(70)64-37-53(11)31-41(28-50(7,8)34-53)67-46(72)65(39-26-48(3,4)32-51(9,29-39)35-62-42(68)74-24-20-16-12-14-18-22-54(56,57)58)45(71)66(47(67)73)40-27-49(5,6)33-52(10,30-40)36-63-43(69)75-25-21-17-13-15-19-23-55(59,60)61/h38-41H,12-37H2,1-11H3,(H,62,68)(H,63,69)(H,64,70). The Kier molecular flexibility index (Phi) is 22.2. The molecule has 21 heteroatoms. The monoisotopic (exact) mass is 1090 g/mol. The molecule has 438 valence electrons. The molecular weight excluding hydrogens is 1000 g/mol. The number of carbonyl (C=O) groups is 3. The average molecular weight is 1100 g/mol. The highest BCUT2D eigenvalue weighted by molar-refractivity contribution is 5.68. The molecule has 3 aliphatic rings. The van der Waals surface area contributed by atoms with Crippen molar-refractivity contribution in [3.05, 3.63) is 31.5 Å². The van der Waals surface area contributed by atoms with Crippen molar-refractivity contribution in [2.75, 3.05) is 32.8 Å². The minimum absolute atomic E-state index is 0.0556. The maximum absolute atomic E-state index is 15.5. The number of hydrogen-bond acceptors (Lipinski definition) is 9. The molecule has 0 bridgehead atoms. The third kappa shape index (κ3) is 20.9. The summed E-state index contributed by atoms with van der Waals surface area (Å²) < 4.78 is 95.1. The number of rotatable bonds is 24. The van der Waals surface area contributed by atoms with E-state index in [1.807, 2.05) is 48.5 Å². The van der Waals surface area contributed by atoms with E-state index in [2.05, 4.69) is 29.8 Å². The van der Waals surface area contributed by atoms with Crippen molar-refractivity contribution in [1.82, 2.24) is 29.7 Å². The average Bonchev–Trinajstić information content (AvgIpc) is 3.23. The van der Waals surface area contributed by atoms with Gasteiger partial charge in [0.25, 0.3) is 0 Å². The van der Waals surface area contributed by atoms with Crippen LogP contribution >= 0.6 is 0 Å². The van der Waals surface area contributed by atoms with Crippen LogP contribution in [0.5, 0.6) is 0 Å². The summed E-state index contributed by atoms with van der Waals surface area (Å²) in [6, 6.07) is -2.07. The van der Waals surface area contributed by atoms with E-state index in [9.17, 15) is 40.7 Å². The van der Waals surface area contributed by atoms with Crippen LogP contribution in [-0.4, -0.2) is 83.3 Å². The van der Waals surface area contributed by atoms with Crippen molar-refractivity contribution in [3.63, 3.8) is 0 Å². The minimum atomic E-state index is -4.18. The van der Waals surface area contributed by atoms with Gasteiger partial charge in [-0.3, -0.25) is 0 Å². The first-order valence-corrected chi connectivity index (χ1v) is 27.8. The lowest BCUT2D eigenvalue weighted by Crippen LogP contribution is -2.61. The molecule has 0 radical (unpaired) electrons. The van der Waals surface area contributed by atoms with E-state index in [1.54, 1.807) is 13.8 Å². The Morgan fingerprint density at radius 2 is 0.750 bits per heavy atom. The first-order chi connectivity index (χ1) is 34.9. The molecule has 6 atom stereocenters. The van der Waals surface area contributed by atoms with E-state index in [0.717, 1.165) is 0 Å². The van der Waals surface area contributed by atoms with Crippen LogP contribution in [0.4, 0.5) is 40.7 Å². The highest BCUT2D eigenvalue weighted by Crippen LogP contribution is 2.53. The number of unbranched alkanes of at least 4 members (excludes halogenated alkanes) is 8. The van der Waals surface area contributed by atoms with Gasteiger partial charge in [0.05, 0.1) is 19.3 Å². The van der Waals surface area contributed by atoms with Crippen LogP contribution in [0.3, 0.4) is 0 Å². The Bertz CT molecular complexity index is 2150. The molecule has 0 aliphatic heterocycles. The molecule has 1 heterocycles. The van der Waals surface area contributed by atoms with Crippen LogP contribution in [0.25, 0.3) is 0 Å². The van der Waals surface area contributed by atoms with E-state index >= 15 is 14.4 Å². The molecule has 0 spiro atoms. The van der Waals surface area contributed by atoms with Gasteiger partial charge >= 0.3 is 47.7 Å². The Hall–Kier alpha value is -4.20. The van der Waals surface area contributed by atoms with Gasteiger partial charge in [-0.2, -0.15) is 26.3 Å². The van der Waals surface area contributed by atoms with Crippen molar-refractivity contribution >= 4 is 18.3 Å². The number of nitrogens with one attached hydrogen (secondary N) is 3. The fourth-order valence-corrected chi connectivity index (χ4v) is 13.7. The van der Waals surface area contributed by atoms with Crippen LogP contribution < -0.4 is 33.0 Å². The molecule has 3 saturated carbocycles. The van der Waals surface area contributed by atoms with E-state index in [-0.39, 0.29) is 51.8 Å². The molecule has 3 amide bonds. The summed E-state index contributed by atoms with van der Waals surface area (Å²) in [4.78, 5) is 85.2. The quantitative estimate of drug-likeness (QED) is 0.0516. The maximum Gasteiger partial charge on any atom is 0.407 e. The number of halogens is 6. The smallest absolute Gasteiger partial charge is 0.407 e. The number of hydrogen-bond donors (Lipinski definition) is 3. The molecule has 1 aromatic rings. The zero-order valence-electron chi connectivity index (χ0n) is 47.5. The van der Waals surface area contributed by atoms with Gasteiger partial charge < -0.3 is 30.2 Å². The topological polar surface area (TPSA) is 181 Å². The van der Waals surface area contributed by atoms with Crippen LogP contribution in [0.2, 0.25) is 0 Å². The molecule has 0 aromatic carbocycles. The Labute approximate surface area is 446 Å². The SMILES string of the molecule is CC(C)OC(=O)NCC1(C)CC(n2c(=O)n(C3CC(C)(C)CC(C)(CNC(=O)OCCCCCCCC(F)(F)F)C3)c(=O)n(C3CC(C)(C)CC(C)(CNC(=O)OCCCCCCCC(F)(F)F)C3)c2=O)CC(C)(C)C1. The lowest BCUT2D eigenvalue weighted by molar-refractivity contribution is -0.136. The lowest BCUT2D eigenvalue weighted by Gasteiger charge is -2.49. The second-order valence-corrected chi connectivity index (χ2v) is 26.7. The van der Waals surface area contributed by atoms with E-state index in [4.69, 9.17) is 14.2 Å². The fourth-order valence-electron chi connectivity index (χ4n) is 13.7. The molecule has 15 nitrogen and oxygen atoms in total. The maximum atomic E-state index is 15.5. The van der Waals surface area contributed by atoms with Crippen molar-refractivity contribution < 1.29 is 54.9 Å². The molecular formula is C55H92F6N6O9. The summed E-state index contributed by atoms with van der Waals surface area (Å²) >= 11 is 0. The Morgan fingerprint density at radius 3 is 1.04 bits per heavy atom. The minimum Gasteiger partial charge on any atom is -0.450 e. The summed E-state index contributed by atoms with van der Waals surface area (Å²) in [5.74, 6) is 0. The largest absolute Gasteiger partial charge is 0.450 e. The number of aromatic nitrogens is 3. The van der Waals surface area contributed by atoms with Crippen LogP contribution in [0.1, 0.15) is 229 Å². The zero-order valence-corrected chi connectivity index (χ0v) is 47.5. The van der Waals surface area contributed by atoms with Crippen molar-refractivity contribution in [2.24, 2.45) is 32.5 Å². The second-order valence-electron chi connectivity index (χ2n) is 26.7. The molecule has 3 N–H and O–H groups in total. The summed E-state index contributed by atoms with van der Waals surface area (Å²) in [5.41, 5.74) is -5.36. The molecule has 3 fully saturated rings. The highest BCUT2D eigenvalue weighted by atomic mass is 19.4. The highest BCUT2D eigenvalue weighted by Gasteiger charge is 2.48. The molecule has 0 saturated heterocycles. The Balaban J connectivity index is 1.65. The first-order valence-electron chi connectivity index (χ1n) is 27.8. The third-order valence-corrected chi connectivity index (χ3v) is 15.6. The summed E-state index contributed by atoms with van der Waals surface area (Å²) in [7, 11) is 0. The van der Waals surface area contributed by atoms with Gasteiger partial charge in [0.15, 0.2) is 0 Å². The molecule has 76 heavy (non-hydrogen) atoms. The van der Waals surface area contributed by atoms with Crippen molar-refractivity contribution in [2.45, 2.75) is 248 Å². The number of amides is 3. The molecule has 6 unspecified atom stereocenters. The number of nitrogens with zero attached hydrogens (tertiary/aromatic N) is 3. The van der Waals surface area contributed by atoms with E-state index in [0.29, 0.717) is 109 Å². The van der Waals surface area contributed by atoms with Gasteiger partial charge in [-0.15, -0.1) is 0 Å². The van der Waals surface area contributed by atoms with Crippen LogP contribution in [0, 0.1) is 32.5 Å². The Morgan fingerprint density at radius 1 is 0.474 bits per heavy atom. The van der Waals surface area contributed by atoms with Crippen molar-refractivity contribution in [3.8, 4) is 0 Å². The normalized spacial score (nSPS) is 26.4. The summed E-state index contributed by atoms with van der Waals surface area (Å²) in [5, 5.41) is 8.68. The zero-order chi connectivity index (χ0) is 57.1. The number of carbonyl (C=O) groups excluding carboxylic acids is 3. The van der Waals surface area contributed by atoms with Crippen molar-refractivity contribution in [1.29, 1.82) is 0 Å². The number of ether oxygens (including phenoxy) is 3. The predicted molar refractivity (Wildman–Crippen MR) is 279 cm³/mol. The summed E-state index contributed by atoms with van der Waals surface area (Å²) in [6.45, 7) is 22.5. The predicted octanol–water partition coefficient (Wildman–Crippen LogP) is 12.8.